The van der Waals surface area contributed by atoms with Gasteiger partial charge in [0.2, 0.25) is 0 Å². The summed E-state index contributed by atoms with van der Waals surface area (Å²) in [7, 11) is 0. The van der Waals surface area contributed by atoms with Crippen LogP contribution in [0.4, 0.5) is 10.5 Å². The number of carbonyl (C=O) groups excluding carboxylic acids is 4. The molecule has 1 fully saturated rings. The molecule has 2 aromatic carbocycles. The number of para-hydroxylation sites is 1. The largest absolute Gasteiger partial charge is 0.425 e. The number of halogens is 2. The number of barbiturate groups is 1. The summed E-state index contributed by atoms with van der Waals surface area (Å²) in [5.74, 6) is -2.04. The van der Waals surface area contributed by atoms with Crippen LogP contribution in [0.1, 0.15) is 18.1 Å². The van der Waals surface area contributed by atoms with Gasteiger partial charge in [-0.25, -0.2) is 9.69 Å². The van der Waals surface area contributed by atoms with E-state index < -0.39 is 23.8 Å². The average molecular weight is 522 g/mol. The molecule has 0 saturated carbocycles. The topological polar surface area (TPSA) is 92.8 Å². The van der Waals surface area contributed by atoms with Crippen LogP contribution in [0.3, 0.4) is 0 Å². The van der Waals surface area contributed by atoms with Crippen molar-refractivity contribution in [1.82, 2.24) is 5.32 Å². The van der Waals surface area contributed by atoms with Crippen molar-refractivity contribution in [3.05, 3.63) is 62.0 Å². The van der Waals surface area contributed by atoms with Gasteiger partial charge in [0.15, 0.2) is 5.75 Å². The summed E-state index contributed by atoms with van der Waals surface area (Å²) in [6, 6.07) is 9.24. The first-order valence-corrected chi connectivity index (χ1v) is 9.92. The zero-order valence-electron chi connectivity index (χ0n) is 15.3. The Balaban J connectivity index is 2.13. The number of ether oxygens (including phenoxy) is 1. The third-order valence-corrected chi connectivity index (χ3v) is 5.09. The number of aryl methyl sites for hydroxylation is 1. The third kappa shape index (κ3) is 4.30. The van der Waals surface area contributed by atoms with E-state index in [0.29, 0.717) is 25.8 Å². The van der Waals surface area contributed by atoms with E-state index in [9.17, 15) is 19.2 Å². The van der Waals surface area contributed by atoms with E-state index in [1.165, 1.54) is 13.0 Å². The Hall–Kier alpha value is -2.78. The molecule has 4 amide bonds. The molecule has 0 aliphatic carbocycles. The minimum absolute atomic E-state index is 0.146. The van der Waals surface area contributed by atoms with E-state index in [2.05, 4.69) is 37.2 Å². The first-order valence-electron chi connectivity index (χ1n) is 8.33. The summed E-state index contributed by atoms with van der Waals surface area (Å²) in [5.41, 5.74) is 1.09. The summed E-state index contributed by atoms with van der Waals surface area (Å²) in [5, 5.41) is 2.17. The highest BCUT2D eigenvalue weighted by atomic mass is 79.9. The van der Waals surface area contributed by atoms with Crippen molar-refractivity contribution in [3.63, 3.8) is 0 Å². The molecule has 0 radical (unpaired) electrons. The highest BCUT2D eigenvalue weighted by Gasteiger charge is 2.37. The lowest BCUT2D eigenvalue weighted by Gasteiger charge is -2.27. The number of nitrogens with one attached hydrogen (secondary N) is 1. The predicted octanol–water partition coefficient (Wildman–Crippen LogP) is 4.11. The molecule has 9 heteroatoms. The minimum Gasteiger partial charge on any atom is -0.425 e. The van der Waals surface area contributed by atoms with E-state index in [1.807, 2.05) is 0 Å². The number of carbonyl (C=O) groups is 4. The number of esters is 1. The first kappa shape index (κ1) is 20.9. The third-order valence-electron chi connectivity index (χ3n) is 4.04. The molecule has 7 nitrogen and oxygen atoms in total. The van der Waals surface area contributed by atoms with Crippen LogP contribution in [-0.4, -0.2) is 23.8 Å². The Kier molecular flexibility index (Phi) is 5.99. The summed E-state index contributed by atoms with van der Waals surface area (Å²) in [6.07, 6.45) is 1.28. The van der Waals surface area contributed by atoms with Gasteiger partial charge in [-0.15, -0.1) is 0 Å². The van der Waals surface area contributed by atoms with Crippen molar-refractivity contribution in [2.75, 3.05) is 4.90 Å². The zero-order valence-corrected chi connectivity index (χ0v) is 18.5. The second kappa shape index (κ2) is 8.30. The monoisotopic (exact) mass is 520 g/mol. The smallest absolute Gasteiger partial charge is 0.335 e. The molecule has 1 heterocycles. The summed E-state index contributed by atoms with van der Waals surface area (Å²) in [6.45, 7) is 2.99. The molecule has 1 aliphatic heterocycles. The fraction of sp³-hybridized carbons (Fsp3) is 0.100. The highest BCUT2D eigenvalue weighted by Crippen LogP contribution is 2.35. The van der Waals surface area contributed by atoms with Gasteiger partial charge in [-0.3, -0.25) is 19.7 Å². The van der Waals surface area contributed by atoms with Gasteiger partial charge in [0.05, 0.1) is 10.2 Å². The minimum atomic E-state index is -0.838. The maximum Gasteiger partial charge on any atom is 0.335 e. The SMILES string of the molecule is CC(=O)Oc1c(Br)cc(Br)cc1/C=C1/C(=O)NC(=O)N(c2ccccc2C)C1=O. The number of rotatable bonds is 3. The van der Waals surface area contributed by atoms with Gasteiger partial charge < -0.3 is 4.74 Å². The Morgan fingerprint density at radius 3 is 2.48 bits per heavy atom. The van der Waals surface area contributed by atoms with Crippen LogP contribution in [-0.2, 0) is 14.4 Å². The average Bonchev–Trinajstić information content (AvgIpc) is 2.62. The Morgan fingerprint density at radius 2 is 1.83 bits per heavy atom. The molecule has 0 bridgehead atoms. The molecular weight excluding hydrogens is 508 g/mol. The second-order valence-corrected chi connectivity index (χ2v) is 7.91. The fourth-order valence-electron chi connectivity index (χ4n) is 2.78. The van der Waals surface area contributed by atoms with Crippen LogP contribution in [0.5, 0.6) is 5.75 Å². The van der Waals surface area contributed by atoms with Crippen LogP contribution >= 0.6 is 31.9 Å². The highest BCUT2D eigenvalue weighted by molar-refractivity contribution is 9.11. The quantitative estimate of drug-likeness (QED) is 0.284. The number of hydrogen-bond acceptors (Lipinski definition) is 5. The van der Waals surface area contributed by atoms with Crippen molar-refractivity contribution in [3.8, 4) is 5.75 Å². The number of imide groups is 2. The number of amides is 4. The van der Waals surface area contributed by atoms with Gasteiger partial charge >= 0.3 is 12.0 Å². The lowest BCUT2D eigenvalue weighted by Crippen LogP contribution is -2.54. The normalized spacial score (nSPS) is 15.5. The van der Waals surface area contributed by atoms with E-state index >= 15 is 0 Å². The molecule has 148 valence electrons. The van der Waals surface area contributed by atoms with Crippen LogP contribution in [0.2, 0.25) is 0 Å². The number of urea groups is 1. The zero-order chi connectivity index (χ0) is 21.3. The van der Waals surface area contributed by atoms with Crippen molar-refractivity contribution in [2.24, 2.45) is 0 Å². The molecule has 0 atom stereocenters. The number of hydrogen-bond donors (Lipinski definition) is 1. The van der Waals surface area contributed by atoms with Gasteiger partial charge in [-0.1, -0.05) is 34.1 Å². The van der Waals surface area contributed by atoms with Crippen molar-refractivity contribution < 1.29 is 23.9 Å². The van der Waals surface area contributed by atoms with E-state index in [-0.39, 0.29) is 11.3 Å². The maximum atomic E-state index is 13.1. The molecule has 3 rings (SSSR count). The first-order chi connectivity index (χ1) is 13.7. The van der Waals surface area contributed by atoms with Gasteiger partial charge in [-0.05, 0) is 52.7 Å². The van der Waals surface area contributed by atoms with Gasteiger partial charge in [-0.2, -0.15) is 0 Å². The van der Waals surface area contributed by atoms with Gasteiger partial charge in [0, 0.05) is 17.0 Å². The second-order valence-electron chi connectivity index (χ2n) is 6.14. The molecule has 29 heavy (non-hydrogen) atoms. The van der Waals surface area contributed by atoms with E-state index in [1.54, 1.807) is 43.3 Å². The van der Waals surface area contributed by atoms with E-state index in [4.69, 9.17) is 4.74 Å². The van der Waals surface area contributed by atoms with Crippen molar-refractivity contribution >= 4 is 67.4 Å². The van der Waals surface area contributed by atoms with E-state index in [0.717, 1.165) is 4.90 Å². The standard InChI is InChI=1S/C20H14Br2N2O5/c1-10-5-3-4-6-16(10)24-19(27)14(18(26)23-20(24)28)8-12-7-13(21)9-15(22)17(12)29-11(2)25/h3-9H,1-2H3,(H,23,26,28)/b14-8-. The van der Waals surface area contributed by atoms with Crippen LogP contribution < -0.4 is 15.0 Å². The van der Waals surface area contributed by atoms with Gasteiger partial charge in [0.1, 0.15) is 5.57 Å². The fourth-order valence-corrected chi connectivity index (χ4v) is 4.12. The molecule has 1 saturated heterocycles. The molecule has 0 aromatic heterocycles. The lowest BCUT2D eigenvalue weighted by atomic mass is 10.1. The lowest BCUT2D eigenvalue weighted by molar-refractivity contribution is -0.132. The molecule has 0 spiro atoms. The number of anilines is 1. The molecule has 0 unspecified atom stereocenters. The van der Waals surface area contributed by atoms with Crippen LogP contribution in [0.25, 0.3) is 6.08 Å². The molecule has 1 N–H and O–H groups in total. The van der Waals surface area contributed by atoms with Crippen molar-refractivity contribution in [1.29, 1.82) is 0 Å². The summed E-state index contributed by atoms with van der Waals surface area (Å²) >= 11 is 6.63. The Labute approximate surface area is 183 Å². The Bertz CT molecular complexity index is 1090. The van der Waals surface area contributed by atoms with Gasteiger partial charge in [0.25, 0.3) is 11.8 Å². The number of nitrogens with zero attached hydrogens (tertiary/aromatic N) is 1. The summed E-state index contributed by atoms with van der Waals surface area (Å²) in [4.78, 5) is 50.2. The Morgan fingerprint density at radius 1 is 1.14 bits per heavy atom. The predicted molar refractivity (Wildman–Crippen MR) is 113 cm³/mol. The number of benzene rings is 2. The maximum absolute atomic E-state index is 13.1. The van der Waals surface area contributed by atoms with Crippen LogP contribution in [0.15, 0.2) is 50.9 Å². The van der Waals surface area contributed by atoms with Crippen molar-refractivity contribution in [2.45, 2.75) is 13.8 Å². The molecular formula is C20H14Br2N2O5. The summed E-state index contributed by atoms with van der Waals surface area (Å²) < 4.78 is 6.30. The van der Waals surface area contributed by atoms with Crippen LogP contribution in [0, 0.1) is 6.92 Å². The molecule has 1 aliphatic rings. The molecule has 2 aromatic rings.